The van der Waals surface area contributed by atoms with Crippen molar-refractivity contribution in [2.75, 3.05) is 0 Å². The van der Waals surface area contributed by atoms with Gasteiger partial charge in [-0.25, -0.2) is 14.8 Å². The zero-order valence-electron chi connectivity index (χ0n) is 8.96. The van der Waals surface area contributed by atoms with Crippen LogP contribution in [0.1, 0.15) is 5.69 Å². The molecule has 2 rings (SSSR count). The van der Waals surface area contributed by atoms with E-state index in [1.165, 1.54) is 23.3 Å². The summed E-state index contributed by atoms with van der Waals surface area (Å²) in [5.74, 6) is -0.255. The van der Waals surface area contributed by atoms with Crippen molar-refractivity contribution in [2.45, 2.75) is 13.1 Å². The van der Waals surface area contributed by atoms with Crippen LogP contribution < -0.4 is 11.0 Å². The van der Waals surface area contributed by atoms with E-state index in [0.717, 1.165) is 5.69 Å². The van der Waals surface area contributed by atoms with E-state index >= 15 is 0 Å². The summed E-state index contributed by atoms with van der Waals surface area (Å²) in [6.45, 7) is 0.314. The third-order valence-electron chi connectivity index (χ3n) is 2.13. The number of imidazole rings is 1. The number of rotatable bonds is 4. The molecule has 0 saturated carbocycles. The number of hydrogen-bond acceptors (Lipinski definition) is 4. The predicted octanol–water partition coefficient (Wildman–Crippen LogP) is -0.717. The van der Waals surface area contributed by atoms with Crippen LogP contribution in [0.5, 0.6) is 0 Å². The van der Waals surface area contributed by atoms with Crippen LogP contribution in [0, 0.1) is 0 Å². The standard InChI is InChI=1S/C10H11N5O2/c16-9(13-5-8-4-11-7-14-8)6-15-3-1-2-12-10(15)17/h1-4,7H,5-6H2,(H,11,14)(H,13,16). The number of nitrogens with one attached hydrogen (secondary N) is 2. The Hall–Kier alpha value is -2.44. The first-order valence-corrected chi connectivity index (χ1v) is 5.01. The molecular weight excluding hydrogens is 222 g/mol. The van der Waals surface area contributed by atoms with Crippen LogP contribution in [0.25, 0.3) is 0 Å². The number of nitrogens with zero attached hydrogens (tertiary/aromatic N) is 3. The molecule has 0 bridgehead atoms. The molecular formula is C10H11N5O2. The van der Waals surface area contributed by atoms with Crippen molar-refractivity contribution in [3.8, 4) is 0 Å². The predicted molar refractivity (Wildman–Crippen MR) is 58.9 cm³/mol. The first-order chi connectivity index (χ1) is 8.25. The van der Waals surface area contributed by atoms with E-state index in [9.17, 15) is 9.59 Å². The molecule has 0 saturated heterocycles. The fraction of sp³-hybridized carbons (Fsp3) is 0.200. The number of aromatic amines is 1. The molecule has 0 aliphatic heterocycles. The first kappa shape index (κ1) is 11.1. The molecule has 7 heteroatoms. The summed E-state index contributed by atoms with van der Waals surface area (Å²) < 4.78 is 1.24. The Labute approximate surface area is 96.5 Å². The van der Waals surface area contributed by atoms with Gasteiger partial charge in [0.1, 0.15) is 6.54 Å². The Morgan fingerprint density at radius 2 is 2.41 bits per heavy atom. The Morgan fingerprint density at radius 3 is 3.12 bits per heavy atom. The number of carbonyl (C=O) groups excluding carboxylic acids is 1. The summed E-state index contributed by atoms with van der Waals surface area (Å²) in [7, 11) is 0. The topological polar surface area (TPSA) is 92.7 Å². The first-order valence-electron chi connectivity index (χ1n) is 5.01. The van der Waals surface area contributed by atoms with Crippen molar-refractivity contribution in [3.63, 3.8) is 0 Å². The van der Waals surface area contributed by atoms with E-state index in [-0.39, 0.29) is 12.5 Å². The number of aromatic nitrogens is 4. The largest absolute Gasteiger partial charge is 0.349 e. The van der Waals surface area contributed by atoms with Crippen LogP contribution in [-0.4, -0.2) is 25.4 Å². The van der Waals surface area contributed by atoms with Gasteiger partial charge in [0.25, 0.3) is 0 Å². The zero-order valence-corrected chi connectivity index (χ0v) is 8.96. The lowest BCUT2D eigenvalue weighted by Crippen LogP contribution is -2.32. The number of amides is 1. The Morgan fingerprint density at radius 1 is 1.53 bits per heavy atom. The van der Waals surface area contributed by atoms with E-state index in [0.29, 0.717) is 6.54 Å². The summed E-state index contributed by atoms with van der Waals surface area (Å²) in [4.78, 5) is 33.0. The highest BCUT2D eigenvalue weighted by atomic mass is 16.2. The van der Waals surface area contributed by atoms with Gasteiger partial charge < -0.3 is 10.3 Å². The van der Waals surface area contributed by atoms with Crippen LogP contribution in [0.4, 0.5) is 0 Å². The minimum Gasteiger partial charge on any atom is -0.349 e. The molecule has 0 aliphatic carbocycles. The molecule has 0 aliphatic rings. The van der Waals surface area contributed by atoms with Gasteiger partial charge in [-0.1, -0.05) is 0 Å². The molecule has 2 aromatic rings. The van der Waals surface area contributed by atoms with Crippen LogP contribution >= 0.6 is 0 Å². The summed E-state index contributed by atoms with van der Waals surface area (Å²) in [5.41, 5.74) is 0.362. The van der Waals surface area contributed by atoms with Crippen LogP contribution in [0.3, 0.4) is 0 Å². The van der Waals surface area contributed by atoms with Gasteiger partial charge in [-0.05, 0) is 6.07 Å². The summed E-state index contributed by atoms with van der Waals surface area (Å²) in [5, 5.41) is 2.66. The SMILES string of the molecule is O=C(Cn1cccnc1=O)NCc1cnc[nH]1. The highest BCUT2D eigenvalue weighted by Crippen LogP contribution is 1.89. The second-order valence-electron chi connectivity index (χ2n) is 3.38. The van der Waals surface area contributed by atoms with Crippen LogP contribution in [-0.2, 0) is 17.9 Å². The lowest BCUT2D eigenvalue weighted by Gasteiger charge is -2.05. The second kappa shape index (κ2) is 5.06. The van der Waals surface area contributed by atoms with Crippen LogP contribution in [0.15, 0.2) is 35.8 Å². The molecule has 1 amide bonds. The van der Waals surface area contributed by atoms with E-state index < -0.39 is 5.69 Å². The summed E-state index contributed by atoms with van der Waals surface area (Å²) in [6, 6.07) is 1.60. The number of hydrogen-bond donors (Lipinski definition) is 2. The van der Waals surface area contributed by atoms with Crippen molar-refractivity contribution in [1.82, 2.24) is 24.8 Å². The maximum absolute atomic E-state index is 11.5. The van der Waals surface area contributed by atoms with E-state index in [2.05, 4.69) is 20.3 Å². The molecule has 0 spiro atoms. The van der Waals surface area contributed by atoms with E-state index in [1.807, 2.05) is 0 Å². The zero-order chi connectivity index (χ0) is 12.1. The molecule has 2 aromatic heterocycles. The normalized spacial score (nSPS) is 10.1. The molecule has 88 valence electrons. The maximum Gasteiger partial charge on any atom is 0.347 e. The second-order valence-corrected chi connectivity index (χ2v) is 3.38. The lowest BCUT2D eigenvalue weighted by atomic mass is 10.4. The highest BCUT2D eigenvalue weighted by molar-refractivity contribution is 5.75. The van der Waals surface area contributed by atoms with Crippen molar-refractivity contribution in [1.29, 1.82) is 0 Å². The number of H-pyrrole nitrogens is 1. The van der Waals surface area contributed by atoms with Crippen LogP contribution in [0.2, 0.25) is 0 Å². The lowest BCUT2D eigenvalue weighted by molar-refractivity contribution is -0.121. The van der Waals surface area contributed by atoms with Crippen molar-refractivity contribution in [2.24, 2.45) is 0 Å². The van der Waals surface area contributed by atoms with Gasteiger partial charge in [-0.2, -0.15) is 0 Å². The van der Waals surface area contributed by atoms with Crippen molar-refractivity contribution >= 4 is 5.91 Å². The molecule has 2 N–H and O–H groups in total. The molecule has 0 radical (unpaired) electrons. The van der Waals surface area contributed by atoms with E-state index in [4.69, 9.17) is 0 Å². The molecule has 0 atom stereocenters. The van der Waals surface area contributed by atoms with Gasteiger partial charge in [0, 0.05) is 18.6 Å². The maximum atomic E-state index is 11.5. The quantitative estimate of drug-likeness (QED) is 0.729. The van der Waals surface area contributed by atoms with Gasteiger partial charge >= 0.3 is 5.69 Å². The molecule has 0 unspecified atom stereocenters. The molecule has 7 nitrogen and oxygen atoms in total. The molecule has 0 aromatic carbocycles. The third kappa shape index (κ3) is 3.00. The third-order valence-corrected chi connectivity index (χ3v) is 2.13. The smallest absolute Gasteiger partial charge is 0.347 e. The summed E-state index contributed by atoms with van der Waals surface area (Å²) >= 11 is 0. The fourth-order valence-electron chi connectivity index (χ4n) is 1.29. The monoisotopic (exact) mass is 233 g/mol. The Balaban J connectivity index is 1.90. The molecule has 17 heavy (non-hydrogen) atoms. The highest BCUT2D eigenvalue weighted by Gasteiger charge is 2.04. The van der Waals surface area contributed by atoms with Crippen molar-refractivity contribution in [3.05, 3.63) is 47.2 Å². The minimum absolute atomic E-state index is 0.0409. The van der Waals surface area contributed by atoms with E-state index in [1.54, 1.807) is 12.3 Å². The van der Waals surface area contributed by atoms with Gasteiger partial charge in [-0.3, -0.25) is 9.36 Å². The average molecular weight is 233 g/mol. The van der Waals surface area contributed by atoms with Gasteiger partial charge in [0.15, 0.2) is 0 Å². The van der Waals surface area contributed by atoms with Gasteiger partial charge in [0.2, 0.25) is 5.91 Å². The van der Waals surface area contributed by atoms with Gasteiger partial charge in [0.05, 0.1) is 18.6 Å². The Kier molecular flexibility index (Phi) is 3.29. The number of carbonyl (C=O) groups is 1. The van der Waals surface area contributed by atoms with Crippen molar-refractivity contribution < 1.29 is 4.79 Å². The minimum atomic E-state index is -0.441. The average Bonchev–Trinajstić information content (AvgIpc) is 2.82. The Bertz CT molecular complexity index is 546. The van der Waals surface area contributed by atoms with Gasteiger partial charge in [-0.15, -0.1) is 0 Å². The molecule has 0 fully saturated rings. The molecule has 2 heterocycles. The fourth-order valence-corrected chi connectivity index (χ4v) is 1.29. The summed E-state index contributed by atoms with van der Waals surface area (Å²) in [6.07, 6.45) is 6.07.